The first-order valence-electron chi connectivity index (χ1n) is 6.02. The molecule has 0 aromatic heterocycles. The van der Waals surface area contributed by atoms with E-state index in [1.54, 1.807) is 11.8 Å². The fraction of sp³-hybridized carbons (Fsp3) is 0.833. The molecule has 100 valence electrons. The normalized spacial score (nSPS) is 12.2. The van der Waals surface area contributed by atoms with Crippen molar-refractivity contribution in [3.63, 3.8) is 0 Å². The molecular formula is C12H23NO4. The van der Waals surface area contributed by atoms with Crippen LogP contribution in [-0.2, 0) is 14.3 Å². The van der Waals surface area contributed by atoms with Crippen molar-refractivity contribution in [2.24, 2.45) is 5.92 Å². The lowest BCUT2D eigenvalue weighted by molar-refractivity contribution is -0.143. The second-order valence-corrected chi connectivity index (χ2v) is 4.22. The van der Waals surface area contributed by atoms with E-state index in [-0.39, 0.29) is 19.1 Å². The predicted octanol–water partition coefficient (Wildman–Crippen LogP) is 1.37. The summed E-state index contributed by atoms with van der Waals surface area (Å²) in [7, 11) is 1.46. The number of amides is 1. The van der Waals surface area contributed by atoms with Crippen LogP contribution in [-0.4, -0.2) is 48.7 Å². The Morgan fingerprint density at radius 2 is 2.00 bits per heavy atom. The van der Waals surface area contributed by atoms with Crippen LogP contribution in [0.15, 0.2) is 0 Å². The lowest BCUT2D eigenvalue weighted by Gasteiger charge is -2.24. The molecule has 0 radical (unpaired) electrons. The van der Waals surface area contributed by atoms with Crippen molar-refractivity contribution >= 4 is 11.9 Å². The minimum Gasteiger partial charge on any atom is -0.481 e. The molecule has 0 saturated heterocycles. The molecule has 0 fully saturated rings. The molecule has 0 bridgehead atoms. The highest BCUT2D eigenvalue weighted by molar-refractivity contribution is 5.78. The van der Waals surface area contributed by atoms with Crippen LogP contribution in [0.1, 0.15) is 33.1 Å². The maximum Gasteiger partial charge on any atom is 0.308 e. The van der Waals surface area contributed by atoms with E-state index < -0.39 is 11.9 Å². The molecule has 0 aliphatic carbocycles. The Labute approximate surface area is 103 Å². The Bertz CT molecular complexity index is 243. The topological polar surface area (TPSA) is 66.8 Å². The van der Waals surface area contributed by atoms with Gasteiger partial charge in [0.15, 0.2) is 0 Å². The smallest absolute Gasteiger partial charge is 0.308 e. The first-order chi connectivity index (χ1) is 8.02. The fourth-order valence-electron chi connectivity index (χ4n) is 1.49. The number of aliphatic carboxylic acids is 1. The number of unbranched alkanes of at least 4 members (excludes halogenated alkanes) is 2. The molecule has 1 N–H and O–H groups in total. The van der Waals surface area contributed by atoms with Crippen LogP contribution in [0.3, 0.4) is 0 Å². The van der Waals surface area contributed by atoms with Crippen molar-refractivity contribution in [1.29, 1.82) is 0 Å². The van der Waals surface area contributed by atoms with Gasteiger partial charge in [0, 0.05) is 20.2 Å². The summed E-state index contributed by atoms with van der Waals surface area (Å²) >= 11 is 0. The molecule has 1 unspecified atom stereocenters. The molecule has 5 nitrogen and oxygen atoms in total. The Morgan fingerprint density at radius 1 is 1.35 bits per heavy atom. The van der Waals surface area contributed by atoms with Gasteiger partial charge in [-0.3, -0.25) is 9.59 Å². The number of carbonyl (C=O) groups excluding carboxylic acids is 1. The van der Waals surface area contributed by atoms with Gasteiger partial charge in [0.05, 0.1) is 5.92 Å². The highest BCUT2D eigenvalue weighted by Crippen LogP contribution is 2.05. The van der Waals surface area contributed by atoms with Crippen molar-refractivity contribution < 1.29 is 19.4 Å². The standard InChI is InChI=1S/C12H23NO4/c1-4-5-6-7-13(11(14)9-17-3)8-10(2)12(15)16/h10H,4-9H2,1-3H3,(H,15,16). The lowest BCUT2D eigenvalue weighted by atomic mass is 10.1. The van der Waals surface area contributed by atoms with E-state index in [4.69, 9.17) is 9.84 Å². The highest BCUT2D eigenvalue weighted by atomic mass is 16.5. The molecule has 0 aromatic rings. The van der Waals surface area contributed by atoms with E-state index in [1.807, 2.05) is 0 Å². The van der Waals surface area contributed by atoms with E-state index in [0.29, 0.717) is 6.54 Å². The number of carboxylic acids is 1. The van der Waals surface area contributed by atoms with Gasteiger partial charge < -0.3 is 14.7 Å². The molecule has 0 aliphatic heterocycles. The van der Waals surface area contributed by atoms with Crippen molar-refractivity contribution in [2.75, 3.05) is 26.8 Å². The average Bonchev–Trinajstić information content (AvgIpc) is 2.27. The van der Waals surface area contributed by atoms with Crippen LogP contribution in [0.25, 0.3) is 0 Å². The van der Waals surface area contributed by atoms with Crippen LogP contribution >= 0.6 is 0 Å². The zero-order valence-corrected chi connectivity index (χ0v) is 10.9. The average molecular weight is 245 g/mol. The van der Waals surface area contributed by atoms with Gasteiger partial charge in [0.25, 0.3) is 0 Å². The Hall–Kier alpha value is -1.10. The monoisotopic (exact) mass is 245 g/mol. The Kier molecular flexibility index (Phi) is 8.40. The summed E-state index contributed by atoms with van der Waals surface area (Å²) < 4.78 is 4.79. The van der Waals surface area contributed by atoms with Crippen LogP contribution in [0.4, 0.5) is 0 Å². The third kappa shape index (κ3) is 6.94. The number of hydrogen-bond donors (Lipinski definition) is 1. The number of nitrogens with zero attached hydrogens (tertiary/aromatic N) is 1. The summed E-state index contributed by atoms with van der Waals surface area (Å²) in [5, 5.41) is 8.84. The second-order valence-electron chi connectivity index (χ2n) is 4.22. The van der Waals surface area contributed by atoms with E-state index in [2.05, 4.69) is 6.92 Å². The summed E-state index contributed by atoms with van der Waals surface area (Å²) in [6, 6.07) is 0. The van der Waals surface area contributed by atoms with Gasteiger partial charge in [-0.15, -0.1) is 0 Å². The van der Waals surface area contributed by atoms with E-state index in [0.717, 1.165) is 19.3 Å². The number of ether oxygens (including phenoxy) is 1. The molecular weight excluding hydrogens is 222 g/mol. The maximum absolute atomic E-state index is 11.7. The quantitative estimate of drug-likeness (QED) is 0.623. The Morgan fingerprint density at radius 3 is 2.47 bits per heavy atom. The number of carboxylic acid groups (broad SMARTS) is 1. The van der Waals surface area contributed by atoms with Gasteiger partial charge in [0.1, 0.15) is 6.61 Å². The van der Waals surface area contributed by atoms with E-state index in [9.17, 15) is 9.59 Å². The van der Waals surface area contributed by atoms with Crippen LogP contribution in [0.2, 0.25) is 0 Å². The molecule has 0 aliphatic rings. The molecule has 0 aromatic carbocycles. The van der Waals surface area contributed by atoms with E-state index in [1.165, 1.54) is 7.11 Å². The minimum atomic E-state index is -0.879. The number of carbonyl (C=O) groups is 2. The summed E-state index contributed by atoms with van der Waals surface area (Å²) in [6.07, 6.45) is 3.01. The number of rotatable bonds is 9. The van der Waals surface area contributed by atoms with Gasteiger partial charge in [-0.25, -0.2) is 0 Å². The van der Waals surface area contributed by atoms with Crippen LogP contribution in [0, 0.1) is 5.92 Å². The van der Waals surface area contributed by atoms with Gasteiger partial charge in [0.2, 0.25) is 5.91 Å². The van der Waals surface area contributed by atoms with Crippen molar-refractivity contribution in [3.05, 3.63) is 0 Å². The second kappa shape index (κ2) is 8.98. The lowest BCUT2D eigenvalue weighted by Crippen LogP contribution is -2.39. The summed E-state index contributed by atoms with van der Waals surface area (Å²) in [5.74, 6) is -1.56. The fourth-order valence-corrected chi connectivity index (χ4v) is 1.49. The minimum absolute atomic E-state index is 0.0124. The predicted molar refractivity (Wildman–Crippen MR) is 64.8 cm³/mol. The molecule has 1 atom stereocenters. The largest absolute Gasteiger partial charge is 0.481 e. The SMILES string of the molecule is CCCCCN(CC(C)C(=O)O)C(=O)COC. The molecule has 0 heterocycles. The first-order valence-corrected chi connectivity index (χ1v) is 6.02. The van der Waals surface area contributed by atoms with Crippen molar-refractivity contribution in [3.8, 4) is 0 Å². The molecule has 17 heavy (non-hydrogen) atoms. The molecule has 5 heteroatoms. The summed E-state index contributed by atoms with van der Waals surface area (Å²) in [6.45, 7) is 4.56. The molecule has 0 spiro atoms. The van der Waals surface area contributed by atoms with Gasteiger partial charge in [-0.05, 0) is 6.42 Å². The molecule has 0 rings (SSSR count). The maximum atomic E-state index is 11.7. The highest BCUT2D eigenvalue weighted by Gasteiger charge is 2.19. The number of methoxy groups -OCH3 is 1. The van der Waals surface area contributed by atoms with Crippen molar-refractivity contribution in [2.45, 2.75) is 33.1 Å². The van der Waals surface area contributed by atoms with Gasteiger partial charge in [-0.2, -0.15) is 0 Å². The molecule has 1 amide bonds. The zero-order chi connectivity index (χ0) is 13.3. The van der Waals surface area contributed by atoms with Crippen molar-refractivity contribution in [1.82, 2.24) is 4.90 Å². The van der Waals surface area contributed by atoms with Crippen LogP contribution < -0.4 is 0 Å². The van der Waals surface area contributed by atoms with Gasteiger partial charge >= 0.3 is 5.97 Å². The number of hydrogen-bond acceptors (Lipinski definition) is 3. The summed E-state index contributed by atoms with van der Waals surface area (Å²) in [5.41, 5.74) is 0. The van der Waals surface area contributed by atoms with Crippen LogP contribution in [0.5, 0.6) is 0 Å². The third-order valence-electron chi connectivity index (χ3n) is 2.57. The van der Waals surface area contributed by atoms with E-state index >= 15 is 0 Å². The van der Waals surface area contributed by atoms with Gasteiger partial charge in [-0.1, -0.05) is 26.7 Å². The summed E-state index contributed by atoms with van der Waals surface area (Å²) in [4.78, 5) is 24.1. The third-order valence-corrected chi connectivity index (χ3v) is 2.57. The Balaban J connectivity index is 4.28. The first kappa shape index (κ1) is 15.9. The molecule has 0 saturated carbocycles. The zero-order valence-electron chi connectivity index (χ0n) is 10.9.